The Balaban J connectivity index is 2.00. The lowest BCUT2D eigenvalue weighted by molar-refractivity contribution is 0.179. The van der Waals surface area contributed by atoms with Gasteiger partial charge < -0.3 is 10.1 Å². The van der Waals surface area contributed by atoms with Crippen LogP contribution in [0.25, 0.3) is 0 Å². The van der Waals surface area contributed by atoms with Crippen LogP contribution in [0.1, 0.15) is 18.9 Å². The van der Waals surface area contributed by atoms with Crippen molar-refractivity contribution < 1.29 is 13.2 Å². The summed E-state index contributed by atoms with van der Waals surface area (Å²) in [6.07, 6.45) is 0.943. The van der Waals surface area contributed by atoms with Crippen LogP contribution >= 0.6 is 0 Å². The third-order valence-electron chi connectivity index (χ3n) is 3.66. The van der Waals surface area contributed by atoms with E-state index < -0.39 is 9.84 Å². The molecule has 20 heavy (non-hydrogen) atoms. The van der Waals surface area contributed by atoms with Crippen LogP contribution in [0.2, 0.25) is 0 Å². The fraction of sp³-hybridized carbons (Fsp3) is 0.600. The fourth-order valence-electron chi connectivity index (χ4n) is 2.65. The molecule has 0 spiro atoms. The molecule has 1 heterocycles. The van der Waals surface area contributed by atoms with Crippen molar-refractivity contribution in [2.75, 3.05) is 25.5 Å². The first-order valence-electron chi connectivity index (χ1n) is 7.16. The molecule has 1 aliphatic rings. The van der Waals surface area contributed by atoms with Gasteiger partial charge in [0.15, 0.2) is 9.84 Å². The first-order valence-corrected chi connectivity index (χ1v) is 8.98. The standard InChI is InChI=1S/C15H23NO3S/c1-2-16-15(14-8-9-19-10-14)12-20(17,18)11-13-6-4-3-5-7-13/h3-7,14-16H,2,8-12H2,1H3. The molecule has 0 bridgehead atoms. The molecule has 1 aliphatic heterocycles. The summed E-state index contributed by atoms with van der Waals surface area (Å²) < 4.78 is 30.1. The van der Waals surface area contributed by atoms with Gasteiger partial charge in [-0.1, -0.05) is 37.3 Å². The molecule has 0 saturated carbocycles. The van der Waals surface area contributed by atoms with Crippen LogP contribution < -0.4 is 5.32 Å². The van der Waals surface area contributed by atoms with Gasteiger partial charge in [0.2, 0.25) is 0 Å². The lowest BCUT2D eigenvalue weighted by atomic mass is 10.0. The molecule has 1 N–H and O–H groups in total. The monoisotopic (exact) mass is 297 g/mol. The van der Waals surface area contributed by atoms with E-state index in [1.54, 1.807) is 0 Å². The van der Waals surface area contributed by atoms with E-state index in [0.29, 0.717) is 12.5 Å². The predicted molar refractivity (Wildman–Crippen MR) is 80.3 cm³/mol. The zero-order chi connectivity index (χ0) is 14.4. The molecule has 0 aliphatic carbocycles. The second kappa shape index (κ2) is 7.20. The molecule has 0 amide bonds. The van der Waals surface area contributed by atoms with Crippen LogP contribution in [0.3, 0.4) is 0 Å². The van der Waals surface area contributed by atoms with Gasteiger partial charge in [0.1, 0.15) is 0 Å². The quantitative estimate of drug-likeness (QED) is 0.831. The number of ether oxygens (including phenoxy) is 1. The van der Waals surface area contributed by atoms with E-state index in [1.165, 1.54) is 0 Å². The van der Waals surface area contributed by atoms with Gasteiger partial charge in [-0.3, -0.25) is 0 Å². The number of nitrogens with one attached hydrogen (secondary N) is 1. The number of benzene rings is 1. The largest absolute Gasteiger partial charge is 0.381 e. The van der Waals surface area contributed by atoms with Gasteiger partial charge in [0.25, 0.3) is 0 Å². The zero-order valence-corrected chi connectivity index (χ0v) is 12.7. The average Bonchev–Trinajstić information content (AvgIpc) is 2.92. The van der Waals surface area contributed by atoms with Crippen LogP contribution in [-0.2, 0) is 20.3 Å². The highest BCUT2D eigenvalue weighted by molar-refractivity contribution is 7.90. The van der Waals surface area contributed by atoms with Gasteiger partial charge in [-0.05, 0) is 18.5 Å². The average molecular weight is 297 g/mol. The smallest absolute Gasteiger partial charge is 0.155 e. The normalized spacial score (nSPS) is 20.9. The maximum absolute atomic E-state index is 12.4. The molecule has 1 saturated heterocycles. The van der Waals surface area contributed by atoms with Crippen molar-refractivity contribution in [3.63, 3.8) is 0 Å². The number of hydrogen-bond donors (Lipinski definition) is 1. The van der Waals surface area contributed by atoms with Gasteiger partial charge >= 0.3 is 0 Å². The molecule has 1 aromatic carbocycles. The molecule has 5 heteroatoms. The Morgan fingerprint density at radius 1 is 1.35 bits per heavy atom. The van der Waals surface area contributed by atoms with E-state index in [9.17, 15) is 8.42 Å². The summed E-state index contributed by atoms with van der Waals surface area (Å²) in [4.78, 5) is 0. The number of sulfone groups is 1. The van der Waals surface area contributed by atoms with E-state index in [0.717, 1.165) is 25.1 Å². The Kier molecular flexibility index (Phi) is 5.57. The van der Waals surface area contributed by atoms with Gasteiger partial charge in [0, 0.05) is 18.6 Å². The Bertz CT molecular complexity index is 495. The lowest BCUT2D eigenvalue weighted by Gasteiger charge is -2.23. The van der Waals surface area contributed by atoms with Gasteiger partial charge in [-0.2, -0.15) is 0 Å². The molecule has 0 radical (unpaired) electrons. The zero-order valence-electron chi connectivity index (χ0n) is 11.9. The summed E-state index contributed by atoms with van der Waals surface area (Å²) in [6.45, 7) is 4.19. The summed E-state index contributed by atoms with van der Waals surface area (Å²) in [6, 6.07) is 9.36. The Hall–Kier alpha value is -0.910. The van der Waals surface area contributed by atoms with Crippen LogP contribution in [0.4, 0.5) is 0 Å². The first-order chi connectivity index (χ1) is 9.61. The van der Waals surface area contributed by atoms with E-state index >= 15 is 0 Å². The van der Waals surface area contributed by atoms with Crippen LogP contribution in [-0.4, -0.2) is 40.0 Å². The molecule has 4 nitrogen and oxygen atoms in total. The third kappa shape index (κ3) is 4.58. The molecule has 2 rings (SSSR count). The second-order valence-corrected chi connectivity index (χ2v) is 7.44. The first kappa shape index (κ1) is 15.5. The SMILES string of the molecule is CCNC(CS(=O)(=O)Cc1ccccc1)C1CCOC1. The maximum Gasteiger partial charge on any atom is 0.155 e. The molecular weight excluding hydrogens is 274 g/mol. The summed E-state index contributed by atoms with van der Waals surface area (Å²) in [5, 5.41) is 3.31. The summed E-state index contributed by atoms with van der Waals surface area (Å²) in [5.41, 5.74) is 0.852. The van der Waals surface area contributed by atoms with E-state index in [2.05, 4.69) is 5.32 Å². The summed E-state index contributed by atoms with van der Waals surface area (Å²) >= 11 is 0. The molecule has 112 valence electrons. The highest BCUT2D eigenvalue weighted by Crippen LogP contribution is 2.19. The molecule has 0 aromatic heterocycles. The van der Waals surface area contributed by atoms with Crippen molar-refractivity contribution in [3.8, 4) is 0 Å². The van der Waals surface area contributed by atoms with Gasteiger partial charge in [0.05, 0.1) is 18.1 Å². The fourth-order valence-corrected chi connectivity index (χ4v) is 4.41. The van der Waals surface area contributed by atoms with Crippen molar-refractivity contribution in [1.82, 2.24) is 5.32 Å². The summed E-state index contributed by atoms with van der Waals surface area (Å²) in [5.74, 6) is 0.605. The van der Waals surface area contributed by atoms with Crippen LogP contribution in [0, 0.1) is 5.92 Å². The molecule has 1 aromatic rings. The highest BCUT2D eigenvalue weighted by Gasteiger charge is 2.29. The molecule has 2 unspecified atom stereocenters. The minimum absolute atomic E-state index is 0.00351. The Morgan fingerprint density at radius 2 is 2.10 bits per heavy atom. The van der Waals surface area contributed by atoms with E-state index in [1.807, 2.05) is 37.3 Å². The second-order valence-electron chi connectivity index (χ2n) is 5.33. The lowest BCUT2D eigenvalue weighted by Crippen LogP contribution is -2.42. The Labute approximate surface area is 121 Å². The number of hydrogen-bond acceptors (Lipinski definition) is 4. The van der Waals surface area contributed by atoms with E-state index in [-0.39, 0.29) is 17.5 Å². The number of rotatable bonds is 7. The van der Waals surface area contributed by atoms with Gasteiger partial charge in [-0.15, -0.1) is 0 Å². The van der Waals surface area contributed by atoms with Crippen molar-refractivity contribution in [2.45, 2.75) is 25.1 Å². The van der Waals surface area contributed by atoms with Crippen LogP contribution in [0.15, 0.2) is 30.3 Å². The minimum Gasteiger partial charge on any atom is -0.381 e. The Morgan fingerprint density at radius 3 is 2.70 bits per heavy atom. The van der Waals surface area contributed by atoms with Crippen LogP contribution in [0.5, 0.6) is 0 Å². The van der Waals surface area contributed by atoms with Crippen molar-refractivity contribution in [3.05, 3.63) is 35.9 Å². The highest BCUT2D eigenvalue weighted by atomic mass is 32.2. The topological polar surface area (TPSA) is 55.4 Å². The molecule has 2 atom stereocenters. The van der Waals surface area contributed by atoms with Crippen molar-refractivity contribution in [2.24, 2.45) is 5.92 Å². The molecular formula is C15H23NO3S. The van der Waals surface area contributed by atoms with Crippen molar-refractivity contribution in [1.29, 1.82) is 0 Å². The van der Waals surface area contributed by atoms with Crippen molar-refractivity contribution >= 4 is 9.84 Å². The minimum atomic E-state index is -3.11. The predicted octanol–water partition coefficient (Wildman–Crippen LogP) is 1.62. The molecule has 1 fully saturated rings. The van der Waals surface area contributed by atoms with E-state index in [4.69, 9.17) is 4.74 Å². The third-order valence-corrected chi connectivity index (χ3v) is 5.30. The summed E-state index contributed by atoms with van der Waals surface area (Å²) in [7, 11) is -3.11. The maximum atomic E-state index is 12.4. The van der Waals surface area contributed by atoms with Gasteiger partial charge in [-0.25, -0.2) is 8.42 Å².